The van der Waals surface area contributed by atoms with Crippen molar-refractivity contribution in [2.45, 2.75) is 26.2 Å². The number of benzene rings is 1. The molecule has 100 valence electrons. The van der Waals surface area contributed by atoms with Crippen molar-refractivity contribution in [1.82, 2.24) is 0 Å². The minimum atomic E-state index is -0.155. The lowest BCUT2D eigenvalue weighted by Gasteiger charge is -2.39. The third-order valence-electron chi connectivity index (χ3n) is 4.19. The first-order valence-corrected chi connectivity index (χ1v) is 6.66. The zero-order valence-corrected chi connectivity index (χ0v) is 11.4. The Morgan fingerprint density at radius 1 is 1.32 bits per heavy atom. The van der Waals surface area contributed by atoms with Crippen LogP contribution in [0.5, 0.6) is 11.5 Å². The average molecular weight is 258 g/mol. The normalized spacial score (nSPS) is 18.6. The number of anilines is 1. The van der Waals surface area contributed by atoms with Crippen molar-refractivity contribution in [2.75, 3.05) is 25.3 Å². The van der Waals surface area contributed by atoms with E-state index in [1.54, 1.807) is 0 Å². The summed E-state index contributed by atoms with van der Waals surface area (Å²) in [5, 5.41) is 9.34. The summed E-state index contributed by atoms with van der Waals surface area (Å²) in [6.07, 6.45) is 3.19. The fourth-order valence-electron chi connectivity index (χ4n) is 2.89. The summed E-state index contributed by atoms with van der Waals surface area (Å²) in [5.74, 6) is 1.61. The van der Waals surface area contributed by atoms with Crippen LogP contribution in [-0.4, -0.2) is 20.4 Å². The lowest BCUT2D eigenvalue weighted by Crippen LogP contribution is -2.40. The predicted octanol–water partition coefficient (Wildman–Crippen LogP) is 2.85. The van der Waals surface area contributed by atoms with Crippen molar-refractivity contribution in [1.29, 1.82) is 5.26 Å². The van der Waals surface area contributed by atoms with Crippen molar-refractivity contribution in [3.05, 3.63) is 17.7 Å². The average Bonchev–Trinajstić information content (AvgIpc) is 2.79. The van der Waals surface area contributed by atoms with Crippen molar-refractivity contribution in [3.8, 4) is 17.6 Å². The molecule has 1 aliphatic heterocycles. The molecule has 4 nitrogen and oxygen atoms in total. The van der Waals surface area contributed by atoms with Crippen molar-refractivity contribution in [2.24, 2.45) is 5.41 Å². The number of hydrogen-bond acceptors (Lipinski definition) is 4. The topological polar surface area (TPSA) is 45.5 Å². The molecule has 0 radical (unpaired) electrons. The quantitative estimate of drug-likeness (QED) is 0.836. The Balaban J connectivity index is 1.84. The Morgan fingerprint density at radius 3 is 2.58 bits per heavy atom. The molecule has 0 amide bonds. The van der Waals surface area contributed by atoms with E-state index in [2.05, 4.69) is 17.9 Å². The molecule has 0 spiro atoms. The summed E-state index contributed by atoms with van der Waals surface area (Å²) < 4.78 is 10.8. The molecule has 1 saturated carbocycles. The Bertz CT molecular complexity index is 544. The van der Waals surface area contributed by atoms with Gasteiger partial charge in [-0.25, -0.2) is 0 Å². The molecule has 1 aromatic carbocycles. The standard InChI is InChI=1S/C15H18N2O2/c1-11-6-13-14(19-10-18-13)7-12(11)17(2)9-15(8-16)4-3-5-15/h6-7H,3-5,9-10H2,1-2H3. The predicted molar refractivity (Wildman–Crippen MR) is 72.5 cm³/mol. The second-order valence-corrected chi connectivity index (χ2v) is 5.59. The summed E-state index contributed by atoms with van der Waals surface area (Å²) in [4.78, 5) is 2.17. The van der Waals surface area contributed by atoms with E-state index in [1.807, 2.05) is 19.2 Å². The lowest BCUT2D eigenvalue weighted by molar-refractivity contribution is 0.174. The first-order valence-electron chi connectivity index (χ1n) is 6.66. The van der Waals surface area contributed by atoms with Crippen LogP contribution in [0.3, 0.4) is 0 Å². The van der Waals surface area contributed by atoms with Crippen LogP contribution in [0.1, 0.15) is 24.8 Å². The second kappa shape index (κ2) is 4.34. The number of nitriles is 1. The highest BCUT2D eigenvalue weighted by molar-refractivity contribution is 5.62. The molecule has 1 aliphatic carbocycles. The van der Waals surface area contributed by atoms with Gasteiger partial charge in [0, 0.05) is 25.3 Å². The van der Waals surface area contributed by atoms with Crippen LogP contribution in [-0.2, 0) is 0 Å². The van der Waals surface area contributed by atoms with Crippen molar-refractivity contribution < 1.29 is 9.47 Å². The Hall–Kier alpha value is -1.89. The van der Waals surface area contributed by atoms with Gasteiger partial charge >= 0.3 is 0 Å². The molecule has 1 heterocycles. The minimum Gasteiger partial charge on any atom is -0.454 e. The summed E-state index contributed by atoms with van der Waals surface area (Å²) in [7, 11) is 2.04. The van der Waals surface area contributed by atoms with Gasteiger partial charge in [0.15, 0.2) is 11.5 Å². The monoisotopic (exact) mass is 258 g/mol. The van der Waals surface area contributed by atoms with Crippen LogP contribution in [0.15, 0.2) is 12.1 Å². The molecule has 0 saturated heterocycles. The van der Waals surface area contributed by atoms with Gasteiger partial charge in [0.1, 0.15) is 0 Å². The maximum absolute atomic E-state index is 9.34. The molecular weight excluding hydrogens is 240 g/mol. The van der Waals surface area contributed by atoms with Crippen molar-refractivity contribution in [3.63, 3.8) is 0 Å². The first kappa shape index (κ1) is 12.2. The molecule has 0 bridgehead atoms. The van der Waals surface area contributed by atoms with Crippen LogP contribution >= 0.6 is 0 Å². The Kier molecular flexibility index (Phi) is 2.78. The van der Waals surface area contributed by atoms with Gasteiger partial charge in [0.25, 0.3) is 0 Å². The first-order chi connectivity index (χ1) is 9.13. The Morgan fingerprint density at radius 2 is 2.00 bits per heavy atom. The highest BCUT2D eigenvalue weighted by Gasteiger charge is 2.38. The highest BCUT2D eigenvalue weighted by Crippen LogP contribution is 2.43. The van der Waals surface area contributed by atoms with Gasteiger partial charge in [-0.15, -0.1) is 0 Å². The third kappa shape index (κ3) is 1.99. The maximum Gasteiger partial charge on any atom is 0.231 e. The van der Waals surface area contributed by atoms with Gasteiger partial charge in [-0.05, 0) is 31.4 Å². The SMILES string of the molecule is Cc1cc2c(cc1N(C)CC1(C#N)CCC1)OCO2. The highest BCUT2D eigenvalue weighted by atomic mass is 16.7. The molecule has 0 atom stereocenters. The fourth-order valence-corrected chi connectivity index (χ4v) is 2.89. The number of fused-ring (bicyclic) bond motifs is 1. The van der Waals surface area contributed by atoms with Gasteiger partial charge in [0.05, 0.1) is 11.5 Å². The molecule has 0 N–H and O–H groups in total. The summed E-state index contributed by atoms with van der Waals surface area (Å²) in [5.41, 5.74) is 2.11. The van der Waals surface area contributed by atoms with Crippen molar-refractivity contribution >= 4 is 5.69 Å². The van der Waals surface area contributed by atoms with Gasteiger partial charge in [0.2, 0.25) is 6.79 Å². The summed E-state index contributed by atoms with van der Waals surface area (Å²) in [6.45, 7) is 3.14. The number of hydrogen-bond donors (Lipinski definition) is 0. The molecule has 4 heteroatoms. The molecule has 3 rings (SSSR count). The zero-order valence-electron chi connectivity index (χ0n) is 11.4. The minimum absolute atomic E-state index is 0.155. The van der Waals surface area contributed by atoms with Crippen LogP contribution in [0.25, 0.3) is 0 Å². The molecule has 0 unspecified atom stereocenters. The molecule has 1 aromatic rings. The maximum atomic E-state index is 9.34. The van der Waals surface area contributed by atoms with Gasteiger partial charge in [-0.1, -0.05) is 6.42 Å². The molecular formula is C15H18N2O2. The summed E-state index contributed by atoms with van der Waals surface area (Å²) >= 11 is 0. The largest absolute Gasteiger partial charge is 0.454 e. The second-order valence-electron chi connectivity index (χ2n) is 5.59. The molecule has 1 fully saturated rings. The van der Waals surface area contributed by atoms with Gasteiger partial charge < -0.3 is 14.4 Å². The van der Waals surface area contributed by atoms with Gasteiger partial charge in [-0.2, -0.15) is 5.26 Å². The van der Waals surface area contributed by atoms with Crippen LogP contribution in [0.4, 0.5) is 5.69 Å². The summed E-state index contributed by atoms with van der Waals surface area (Å²) in [6, 6.07) is 6.51. The van der Waals surface area contributed by atoms with E-state index in [0.717, 1.165) is 42.1 Å². The van der Waals surface area contributed by atoms with E-state index in [-0.39, 0.29) is 5.41 Å². The van der Waals surface area contributed by atoms with E-state index in [1.165, 1.54) is 6.42 Å². The fraction of sp³-hybridized carbons (Fsp3) is 0.533. The van der Waals surface area contributed by atoms with E-state index >= 15 is 0 Å². The number of rotatable bonds is 3. The molecule has 2 aliphatic rings. The molecule has 19 heavy (non-hydrogen) atoms. The van der Waals surface area contributed by atoms with E-state index < -0.39 is 0 Å². The van der Waals surface area contributed by atoms with E-state index in [4.69, 9.17) is 9.47 Å². The van der Waals surface area contributed by atoms with E-state index in [9.17, 15) is 5.26 Å². The van der Waals surface area contributed by atoms with Crippen LogP contribution in [0.2, 0.25) is 0 Å². The third-order valence-corrected chi connectivity index (χ3v) is 4.19. The number of aryl methyl sites for hydroxylation is 1. The van der Waals surface area contributed by atoms with Crippen LogP contribution < -0.4 is 14.4 Å². The smallest absolute Gasteiger partial charge is 0.231 e. The molecule has 0 aromatic heterocycles. The van der Waals surface area contributed by atoms with Crippen LogP contribution in [0, 0.1) is 23.7 Å². The number of nitrogens with zero attached hydrogens (tertiary/aromatic N) is 2. The lowest BCUT2D eigenvalue weighted by atomic mass is 9.69. The Labute approximate surface area is 113 Å². The van der Waals surface area contributed by atoms with Gasteiger partial charge in [-0.3, -0.25) is 0 Å². The zero-order chi connectivity index (χ0) is 13.5. The number of ether oxygens (including phenoxy) is 2. The van der Waals surface area contributed by atoms with E-state index in [0.29, 0.717) is 6.79 Å².